The van der Waals surface area contributed by atoms with Gasteiger partial charge in [-0.3, -0.25) is 4.79 Å². The standard InChI is InChI=1S/C34H42N2O4/c1-34(2,3)25-14-17-26(18-15-25)40-27-16-13-24-20-30(35-29(28(24)21-27)19-22-9-7-8-10-22)32(37)36-31(33(38)39)23-11-5-4-6-12-23/h13-18,20-23,31H,4-12,19H2,1-3H3,(H,36,37)(H,38,39). The van der Waals surface area contributed by atoms with Crippen LogP contribution in [0.1, 0.15) is 100 Å². The van der Waals surface area contributed by atoms with Gasteiger partial charge in [-0.05, 0) is 77.8 Å². The number of amides is 1. The topological polar surface area (TPSA) is 88.5 Å². The van der Waals surface area contributed by atoms with Crippen molar-refractivity contribution in [3.8, 4) is 11.5 Å². The Morgan fingerprint density at radius 1 is 0.925 bits per heavy atom. The van der Waals surface area contributed by atoms with E-state index in [0.717, 1.165) is 66.5 Å². The molecule has 40 heavy (non-hydrogen) atoms. The summed E-state index contributed by atoms with van der Waals surface area (Å²) < 4.78 is 6.23. The highest BCUT2D eigenvalue weighted by Gasteiger charge is 2.31. The minimum atomic E-state index is -0.968. The first-order valence-corrected chi connectivity index (χ1v) is 14.9. The maximum Gasteiger partial charge on any atom is 0.326 e. The molecule has 5 rings (SSSR count). The number of aliphatic carboxylic acids is 1. The minimum Gasteiger partial charge on any atom is -0.480 e. The first kappa shape index (κ1) is 28.1. The van der Waals surface area contributed by atoms with E-state index in [9.17, 15) is 14.7 Å². The van der Waals surface area contributed by atoms with E-state index in [1.165, 1.54) is 31.2 Å². The lowest BCUT2D eigenvalue weighted by atomic mass is 9.84. The fourth-order valence-electron chi connectivity index (χ4n) is 6.34. The van der Waals surface area contributed by atoms with E-state index in [1.54, 1.807) is 6.07 Å². The molecule has 1 unspecified atom stereocenters. The number of aromatic nitrogens is 1. The van der Waals surface area contributed by atoms with Crippen LogP contribution in [0.3, 0.4) is 0 Å². The molecule has 0 radical (unpaired) electrons. The quantitative estimate of drug-likeness (QED) is 0.303. The molecule has 0 bridgehead atoms. The fourth-order valence-corrected chi connectivity index (χ4v) is 6.34. The Morgan fingerprint density at radius 2 is 1.57 bits per heavy atom. The SMILES string of the molecule is CC(C)(C)c1ccc(Oc2ccc3cc(C(=O)NC(C(=O)O)C4CCCCC4)nc(CC4CCCC4)c3c2)cc1. The van der Waals surface area contributed by atoms with E-state index in [-0.39, 0.29) is 17.0 Å². The van der Waals surface area contributed by atoms with Gasteiger partial charge in [0.25, 0.3) is 5.91 Å². The van der Waals surface area contributed by atoms with E-state index >= 15 is 0 Å². The third-order valence-corrected chi connectivity index (χ3v) is 8.70. The molecule has 0 spiro atoms. The van der Waals surface area contributed by atoms with Crippen molar-refractivity contribution in [1.29, 1.82) is 0 Å². The summed E-state index contributed by atoms with van der Waals surface area (Å²) in [6, 6.07) is 15.0. The van der Waals surface area contributed by atoms with E-state index in [2.05, 4.69) is 38.2 Å². The maximum absolute atomic E-state index is 13.4. The maximum atomic E-state index is 13.4. The zero-order valence-electron chi connectivity index (χ0n) is 24.0. The molecule has 3 aromatic rings. The summed E-state index contributed by atoms with van der Waals surface area (Å²) in [6.07, 6.45) is 10.4. The molecule has 6 heteroatoms. The Morgan fingerprint density at radius 3 is 2.23 bits per heavy atom. The lowest BCUT2D eigenvalue weighted by Gasteiger charge is -2.28. The number of benzene rings is 2. The molecule has 2 saturated carbocycles. The van der Waals surface area contributed by atoms with Gasteiger partial charge in [0, 0.05) is 11.1 Å². The van der Waals surface area contributed by atoms with Gasteiger partial charge in [0.2, 0.25) is 0 Å². The van der Waals surface area contributed by atoms with Gasteiger partial charge in [0.1, 0.15) is 23.2 Å². The first-order valence-electron chi connectivity index (χ1n) is 14.9. The highest BCUT2D eigenvalue weighted by molar-refractivity contribution is 5.99. The predicted molar refractivity (Wildman–Crippen MR) is 158 cm³/mol. The Balaban J connectivity index is 1.43. The molecule has 6 nitrogen and oxygen atoms in total. The Kier molecular flexibility index (Phi) is 8.43. The summed E-state index contributed by atoms with van der Waals surface area (Å²) in [5.41, 5.74) is 2.50. The van der Waals surface area contributed by atoms with Crippen molar-refractivity contribution >= 4 is 22.6 Å². The Hall–Kier alpha value is -3.41. The number of carboxylic acid groups (broad SMARTS) is 1. The largest absolute Gasteiger partial charge is 0.480 e. The van der Waals surface area contributed by atoms with Crippen LogP contribution in [-0.2, 0) is 16.6 Å². The van der Waals surface area contributed by atoms with Crippen LogP contribution >= 0.6 is 0 Å². The number of hydrogen-bond acceptors (Lipinski definition) is 4. The van der Waals surface area contributed by atoms with Crippen molar-refractivity contribution in [2.75, 3.05) is 0 Å². The number of fused-ring (bicyclic) bond motifs is 1. The summed E-state index contributed by atoms with van der Waals surface area (Å²) in [4.78, 5) is 30.3. The zero-order chi connectivity index (χ0) is 28.3. The molecule has 1 atom stereocenters. The van der Waals surface area contributed by atoms with E-state index in [0.29, 0.717) is 5.92 Å². The number of pyridine rings is 1. The van der Waals surface area contributed by atoms with Crippen molar-refractivity contribution in [2.45, 2.75) is 96.4 Å². The summed E-state index contributed by atoms with van der Waals surface area (Å²) in [7, 11) is 0. The second-order valence-corrected chi connectivity index (χ2v) is 12.8. The zero-order valence-corrected chi connectivity index (χ0v) is 24.0. The van der Waals surface area contributed by atoms with Crippen molar-refractivity contribution in [1.82, 2.24) is 10.3 Å². The van der Waals surface area contributed by atoms with E-state index in [4.69, 9.17) is 9.72 Å². The van der Waals surface area contributed by atoms with E-state index < -0.39 is 17.9 Å². The number of hydrogen-bond donors (Lipinski definition) is 2. The van der Waals surface area contributed by atoms with Crippen LogP contribution < -0.4 is 10.1 Å². The Labute approximate surface area is 237 Å². The summed E-state index contributed by atoms with van der Waals surface area (Å²) in [5, 5.41) is 14.6. The first-order chi connectivity index (χ1) is 19.2. The highest BCUT2D eigenvalue weighted by atomic mass is 16.5. The molecule has 2 aromatic carbocycles. The van der Waals surface area contributed by atoms with Gasteiger partial charge in [-0.15, -0.1) is 0 Å². The molecule has 1 aromatic heterocycles. The predicted octanol–water partition coefficient (Wildman–Crippen LogP) is 7.82. The van der Waals surface area contributed by atoms with Gasteiger partial charge in [0.15, 0.2) is 0 Å². The van der Waals surface area contributed by atoms with Gasteiger partial charge in [-0.2, -0.15) is 0 Å². The lowest BCUT2D eigenvalue weighted by Crippen LogP contribution is -2.46. The molecular formula is C34H42N2O4. The van der Waals surface area contributed by atoms with Crippen molar-refractivity contribution in [3.05, 3.63) is 65.5 Å². The average Bonchev–Trinajstić information content (AvgIpc) is 3.45. The van der Waals surface area contributed by atoms with Crippen LogP contribution in [0.15, 0.2) is 48.5 Å². The minimum absolute atomic E-state index is 0.0363. The van der Waals surface area contributed by atoms with Crippen LogP contribution in [0.4, 0.5) is 0 Å². The molecule has 2 aliphatic rings. The number of nitrogens with zero attached hydrogens (tertiary/aromatic N) is 1. The smallest absolute Gasteiger partial charge is 0.326 e. The fraction of sp³-hybridized carbons (Fsp3) is 0.500. The molecule has 2 aliphatic carbocycles. The monoisotopic (exact) mass is 542 g/mol. The second-order valence-electron chi connectivity index (χ2n) is 12.8. The van der Waals surface area contributed by atoms with Gasteiger partial charge in [-0.1, -0.05) is 83.9 Å². The third-order valence-electron chi connectivity index (χ3n) is 8.70. The van der Waals surface area contributed by atoms with Crippen LogP contribution in [-0.4, -0.2) is 28.0 Å². The summed E-state index contributed by atoms with van der Waals surface area (Å²) >= 11 is 0. The summed E-state index contributed by atoms with van der Waals surface area (Å²) in [6.45, 7) is 6.58. The normalized spacial score (nSPS) is 17.6. The molecule has 2 N–H and O–H groups in total. The van der Waals surface area contributed by atoms with Gasteiger partial charge >= 0.3 is 5.97 Å². The molecule has 0 saturated heterocycles. The number of carbonyl (C=O) groups excluding carboxylic acids is 1. The molecule has 0 aliphatic heterocycles. The van der Waals surface area contributed by atoms with Gasteiger partial charge in [0.05, 0.1) is 0 Å². The number of carboxylic acids is 1. The van der Waals surface area contributed by atoms with Crippen molar-refractivity contribution in [3.63, 3.8) is 0 Å². The van der Waals surface area contributed by atoms with Gasteiger partial charge in [-0.25, -0.2) is 9.78 Å². The van der Waals surface area contributed by atoms with Crippen LogP contribution in [0, 0.1) is 11.8 Å². The number of nitrogens with one attached hydrogen (secondary N) is 1. The highest BCUT2D eigenvalue weighted by Crippen LogP contribution is 2.34. The van der Waals surface area contributed by atoms with Gasteiger partial charge < -0.3 is 15.2 Å². The van der Waals surface area contributed by atoms with E-state index in [1.807, 2.05) is 30.3 Å². The molecule has 1 amide bonds. The molecule has 1 heterocycles. The van der Waals surface area contributed by atoms with Crippen LogP contribution in [0.5, 0.6) is 11.5 Å². The van der Waals surface area contributed by atoms with Crippen molar-refractivity contribution < 1.29 is 19.4 Å². The van der Waals surface area contributed by atoms with Crippen LogP contribution in [0.25, 0.3) is 10.8 Å². The Bertz CT molecular complexity index is 1350. The van der Waals surface area contributed by atoms with Crippen LogP contribution in [0.2, 0.25) is 0 Å². The third kappa shape index (κ3) is 6.65. The number of ether oxygens (including phenoxy) is 1. The number of carbonyl (C=O) groups is 2. The second kappa shape index (κ2) is 12.0. The molecule has 212 valence electrons. The average molecular weight is 543 g/mol. The summed E-state index contributed by atoms with van der Waals surface area (Å²) in [5.74, 6) is 0.627. The number of rotatable bonds is 8. The molecule has 2 fully saturated rings. The van der Waals surface area contributed by atoms with Crippen molar-refractivity contribution in [2.24, 2.45) is 11.8 Å². The molecular weight excluding hydrogens is 500 g/mol. The lowest BCUT2D eigenvalue weighted by molar-refractivity contribution is -0.141.